The van der Waals surface area contributed by atoms with Crippen molar-refractivity contribution in [1.82, 2.24) is 10.6 Å². The van der Waals surface area contributed by atoms with E-state index in [1.165, 1.54) is 31.3 Å². The molecule has 0 aliphatic heterocycles. The number of hydrogen-bond acceptors (Lipinski definition) is 4. The second kappa shape index (κ2) is 10.9. The highest BCUT2D eigenvalue weighted by Crippen LogP contribution is 2.29. The van der Waals surface area contributed by atoms with Gasteiger partial charge in [0.25, 0.3) is 12.3 Å². The van der Waals surface area contributed by atoms with E-state index >= 15 is 0 Å². The third kappa shape index (κ3) is 6.63. The number of halogens is 5. The molecule has 0 saturated heterocycles. The summed E-state index contributed by atoms with van der Waals surface area (Å²) in [7, 11) is 1.35. The topological polar surface area (TPSA) is 102 Å². The van der Waals surface area contributed by atoms with Crippen LogP contribution in [0.4, 0.5) is 22.0 Å². The van der Waals surface area contributed by atoms with Crippen LogP contribution < -0.4 is 10.6 Å². The van der Waals surface area contributed by atoms with Crippen molar-refractivity contribution in [2.24, 2.45) is 0 Å². The van der Waals surface area contributed by atoms with E-state index in [2.05, 4.69) is 10.6 Å². The Hall–Kier alpha value is -3.76. The van der Waals surface area contributed by atoms with Gasteiger partial charge >= 0.3 is 12.1 Å². The number of aromatic carboxylic acids is 1. The number of rotatable bonds is 9. The highest BCUT2D eigenvalue weighted by Gasteiger charge is 2.30. The molecule has 4 N–H and O–H groups in total. The molecule has 0 fully saturated rings. The zero-order chi connectivity index (χ0) is 25.6. The maximum atomic E-state index is 13.4. The molecule has 1 unspecified atom stereocenters. The Kier molecular flexibility index (Phi) is 8.50. The van der Waals surface area contributed by atoms with Crippen molar-refractivity contribution in [3.63, 3.8) is 0 Å². The number of benzene rings is 2. The van der Waals surface area contributed by atoms with Gasteiger partial charge in [-0.05, 0) is 42.3 Å². The van der Waals surface area contributed by atoms with E-state index in [0.29, 0.717) is 11.1 Å². The molecule has 0 heterocycles. The van der Waals surface area contributed by atoms with Crippen LogP contribution in [0.15, 0.2) is 59.8 Å². The first-order chi connectivity index (χ1) is 15.8. The summed E-state index contributed by atoms with van der Waals surface area (Å²) in [6, 6.07) is 8.83. The van der Waals surface area contributed by atoms with Gasteiger partial charge in [0.1, 0.15) is 5.71 Å². The fourth-order valence-electron chi connectivity index (χ4n) is 3.12. The summed E-state index contributed by atoms with van der Waals surface area (Å²) < 4.78 is 65.1. The van der Waals surface area contributed by atoms with Crippen LogP contribution in [0.5, 0.6) is 0 Å². The van der Waals surface area contributed by atoms with Crippen LogP contribution in [0.2, 0.25) is 0 Å². The predicted molar refractivity (Wildman–Crippen MR) is 115 cm³/mol. The zero-order valence-corrected chi connectivity index (χ0v) is 18.1. The molecule has 2 aromatic rings. The molecule has 0 radical (unpaired) electrons. The maximum absolute atomic E-state index is 13.4. The highest BCUT2D eigenvalue weighted by atomic mass is 19.4. The lowest BCUT2D eigenvalue weighted by Gasteiger charge is -2.20. The summed E-state index contributed by atoms with van der Waals surface area (Å²) in [5.74, 6) is -2.13. The number of hydrogen-bond donors (Lipinski definition) is 4. The van der Waals surface area contributed by atoms with E-state index < -0.39 is 47.4 Å². The van der Waals surface area contributed by atoms with Crippen LogP contribution in [-0.2, 0) is 17.4 Å². The van der Waals surface area contributed by atoms with E-state index in [4.69, 9.17) is 10.5 Å². The molecule has 0 aliphatic carbocycles. The van der Waals surface area contributed by atoms with Gasteiger partial charge in [0.15, 0.2) is 0 Å². The van der Waals surface area contributed by atoms with Gasteiger partial charge in [-0.2, -0.15) is 13.2 Å². The summed E-state index contributed by atoms with van der Waals surface area (Å²) in [6.45, 7) is 1.55. The summed E-state index contributed by atoms with van der Waals surface area (Å²) >= 11 is 0. The van der Waals surface area contributed by atoms with Gasteiger partial charge in [-0.3, -0.25) is 10.2 Å². The van der Waals surface area contributed by atoms with Crippen molar-refractivity contribution in [2.75, 3.05) is 7.05 Å². The van der Waals surface area contributed by atoms with E-state index in [1.54, 1.807) is 6.92 Å². The lowest BCUT2D eigenvalue weighted by atomic mass is 9.99. The van der Waals surface area contributed by atoms with Crippen LogP contribution in [0, 0.1) is 5.41 Å². The quantitative estimate of drug-likeness (QED) is 0.238. The number of carbonyl (C=O) groups is 2. The Labute approximate surface area is 192 Å². The van der Waals surface area contributed by atoms with Gasteiger partial charge in [0.2, 0.25) is 0 Å². The van der Waals surface area contributed by atoms with Gasteiger partial charge in [0.05, 0.1) is 22.7 Å². The monoisotopic (exact) mass is 483 g/mol. The number of nitrogens with one attached hydrogen (secondary N) is 3. The first kappa shape index (κ1) is 26.5. The smallest absolute Gasteiger partial charge is 0.416 e. The summed E-state index contributed by atoms with van der Waals surface area (Å²) in [6.07, 6.45) is -8.02. The van der Waals surface area contributed by atoms with Gasteiger partial charge in [0, 0.05) is 19.2 Å². The lowest BCUT2D eigenvalue weighted by Crippen LogP contribution is -2.35. The van der Waals surface area contributed by atoms with Gasteiger partial charge in [-0.15, -0.1) is 0 Å². The number of amides is 1. The van der Waals surface area contributed by atoms with Crippen LogP contribution >= 0.6 is 0 Å². The number of allylic oxidation sites excluding steroid dienone is 1. The van der Waals surface area contributed by atoms with E-state index in [9.17, 15) is 31.5 Å². The third-order valence-corrected chi connectivity index (χ3v) is 4.99. The van der Waals surface area contributed by atoms with E-state index in [0.717, 1.165) is 24.3 Å². The van der Waals surface area contributed by atoms with Crippen LogP contribution in [0.1, 0.15) is 40.0 Å². The highest BCUT2D eigenvalue weighted by molar-refractivity contribution is 6.22. The first-order valence-corrected chi connectivity index (χ1v) is 9.93. The van der Waals surface area contributed by atoms with Gasteiger partial charge in [-0.25, -0.2) is 13.6 Å². The minimum absolute atomic E-state index is 0.0244. The maximum Gasteiger partial charge on any atom is 0.416 e. The van der Waals surface area contributed by atoms with Gasteiger partial charge < -0.3 is 15.7 Å². The molecule has 34 heavy (non-hydrogen) atoms. The SMILES string of the molecule is CN/C(Cc1ccc(C(F)(F)F)cc1)=C(\C(=N)C(F)F)C(=O)NC(C)c1ccc(C(=O)O)cc1. The molecule has 0 bridgehead atoms. The van der Waals surface area contributed by atoms with Crippen molar-refractivity contribution in [3.8, 4) is 0 Å². The fraction of sp³-hybridized carbons (Fsp3) is 0.261. The van der Waals surface area contributed by atoms with Crippen molar-refractivity contribution < 1.29 is 36.6 Å². The van der Waals surface area contributed by atoms with Crippen LogP contribution in [0.25, 0.3) is 0 Å². The molecular weight excluding hydrogens is 461 g/mol. The van der Waals surface area contributed by atoms with Gasteiger partial charge in [-0.1, -0.05) is 24.3 Å². The zero-order valence-electron chi connectivity index (χ0n) is 18.1. The molecule has 0 saturated carbocycles. The molecule has 2 rings (SSSR count). The number of likely N-dealkylation sites (N-methyl/N-ethyl adjacent to an activating group) is 1. The first-order valence-electron chi connectivity index (χ1n) is 9.93. The Morgan fingerprint density at radius 1 is 1.03 bits per heavy atom. The number of alkyl halides is 5. The second-order valence-corrected chi connectivity index (χ2v) is 7.31. The standard InChI is InChI=1S/C23H22F5N3O3/c1-12(14-5-7-15(8-6-14)22(33)34)31-21(32)18(19(29)20(24)25)17(30-2)11-13-3-9-16(10-4-13)23(26,27)28/h3-10,12,20,29-30H,11H2,1-2H3,(H,31,32)(H,33,34)/b18-17+,29-19?. The molecule has 182 valence electrons. The summed E-state index contributed by atoms with van der Waals surface area (Å²) in [4.78, 5) is 23.9. The fourth-order valence-corrected chi connectivity index (χ4v) is 3.12. The minimum Gasteiger partial charge on any atom is -0.478 e. The molecule has 11 heteroatoms. The van der Waals surface area contributed by atoms with E-state index in [1.807, 2.05) is 0 Å². The molecule has 0 aliphatic rings. The number of carboxylic acid groups (broad SMARTS) is 1. The average molecular weight is 483 g/mol. The molecule has 0 spiro atoms. The minimum atomic E-state index is -4.54. The lowest BCUT2D eigenvalue weighted by molar-refractivity contribution is -0.137. The number of carboxylic acids is 1. The van der Waals surface area contributed by atoms with Crippen LogP contribution in [0.3, 0.4) is 0 Å². The van der Waals surface area contributed by atoms with E-state index in [-0.39, 0.29) is 17.7 Å². The van der Waals surface area contributed by atoms with Crippen molar-refractivity contribution in [3.05, 3.63) is 82.1 Å². The predicted octanol–water partition coefficient (Wildman–Crippen LogP) is 4.58. The summed E-state index contributed by atoms with van der Waals surface area (Å²) in [5.41, 5.74) is -2.01. The number of carbonyl (C=O) groups excluding carboxylic acids is 1. The molecule has 1 atom stereocenters. The van der Waals surface area contributed by atoms with Crippen molar-refractivity contribution >= 4 is 17.6 Å². The Balaban J connectivity index is 2.34. The molecule has 0 aromatic heterocycles. The average Bonchev–Trinajstić information content (AvgIpc) is 2.78. The Morgan fingerprint density at radius 2 is 1.59 bits per heavy atom. The third-order valence-electron chi connectivity index (χ3n) is 4.99. The Morgan fingerprint density at radius 3 is 2.03 bits per heavy atom. The molecule has 2 aromatic carbocycles. The molecule has 1 amide bonds. The Bertz CT molecular complexity index is 1080. The largest absolute Gasteiger partial charge is 0.478 e. The van der Waals surface area contributed by atoms with Crippen molar-refractivity contribution in [1.29, 1.82) is 5.41 Å². The normalized spacial score (nSPS) is 13.2. The van der Waals surface area contributed by atoms with Crippen LogP contribution in [-0.4, -0.2) is 36.2 Å². The van der Waals surface area contributed by atoms with Crippen molar-refractivity contribution in [2.45, 2.75) is 32.0 Å². The molecule has 6 nitrogen and oxygen atoms in total. The second-order valence-electron chi connectivity index (χ2n) is 7.31. The molecular formula is C23H22F5N3O3. The summed E-state index contributed by atoms with van der Waals surface area (Å²) in [5, 5.41) is 21.8.